The molecule has 5 heteroatoms. The van der Waals surface area contributed by atoms with Gasteiger partial charge in [-0.1, -0.05) is 20.8 Å². The molecule has 0 amide bonds. The Labute approximate surface area is 128 Å². The van der Waals surface area contributed by atoms with E-state index in [9.17, 15) is 0 Å². The SMILES string of the molecule is CC(C)(C)CCOc1ccc2ncc(-c3ccsc3)n2n1. The van der Waals surface area contributed by atoms with Gasteiger partial charge >= 0.3 is 0 Å². The fraction of sp³-hybridized carbons (Fsp3) is 0.375. The molecule has 0 aliphatic rings. The molecule has 0 saturated heterocycles. The van der Waals surface area contributed by atoms with E-state index in [1.165, 1.54) is 0 Å². The Morgan fingerprint density at radius 1 is 1.24 bits per heavy atom. The van der Waals surface area contributed by atoms with Crippen molar-refractivity contribution in [2.24, 2.45) is 5.41 Å². The summed E-state index contributed by atoms with van der Waals surface area (Å²) < 4.78 is 7.62. The molecule has 0 spiro atoms. The van der Waals surface area contributed by atoms with Crippen molar-refractivity contribution in [2.75, 3.05) is 6.61 Å². The number of rotatable bonds is 4. The van der Waals surface area contributed by atoms with Crippen molar-refractivity contribution in [3.63, 3.8) is 0 Å². The highest BCUT2D eigenvalue weighted by Gasteiger charge is 2.11. The fourth-order valence-electron chi connectivity index (χ4n) is 2.00. The molecule has 3 aromatic heterocycles. The molecule has 0 fully saturated rings. The molecule has 0 aromatic carbocycles. The Morgan fingerprint density at radius 2 is 2.10 bits per heavy atom. The van der Waals surface area contributed by atoms with E-state index in [0.29, 0.717) is 12.5 Å². The van der Waals surface area contributed by atoms with E-state index in [1.807, 2.05) is 22.8 Å². The first-order valence-electron chi connectivity index (χ1n) is 7.03. The topological polar surface area (TPSA) is 39.4 Å². The van der Waals surface area contributed by atoms with Crippen LogP contribution in [0.4, 0.5) is 0 Å². The quantitative estimate of drug-likeness (QED) is 0.722. The largest absolute Gasteiger partial charge is 0.477 e. The first kappa shape index (κ1) is 14.1. The summed E-state index contributed by atoms with van der Waals surface area (Å²) in [4.78, 5) is 4.38. The lowest BCUT2D eigenvalue weighted by Crippen LogP contribution is -2.12. The summed E-state index contributed by atoms with van der Waals surface area (Å²) in [5.41, 5.74) is 3.22. The number of imidazole rings is 1. The smallest absolute Gasteiger partial charge is 0.231 e. The van der Waals surface area contributed by atoms with Crippen molar-refractivity contribution >= 4 is 17.0 Å². The van der Waals surface area contributed by atoms with Gasteiger partial charge in [0.05, 0.1) is 18.5 Å². The third kappa shape index (κ3) is 3.24. The molecule has 0 radical (unpaired) electrons. The first-order chi connectivity index (χ1) is 10.0. The molecule has 110 valence electrons. The average Bonchev–Trinajstić information content (AvgIpc) is 3.05. The fourth-order valence-corrected chi connectivity index (χ4v) is 2.65. The summed E-state index contributed by atoms with van der Waals surface area (Å²) in [6.45, 7) is 7.29. The van der Waals surface area contributed by atoms with Crippen molar-refractivity contribution in [1.82, 2.24) is 14.6 Å². The lowest BCUT2D eigenvalue weighted by Gasteiger charge is -2.17. The van der Waals surface area contributed by atoms with Crippen LogP contribution in [0.25, 0.3) is 16.9 Å². The predicted molar refractivity (Wildman–Crippen MR) is 85.9 cm³/mol. The van der Waals surface area contributed by atoms with Gasteiger partial charge in [0.15, 0.2) is 5.65 Å². The molecule has 0 atom stereocenters. The zero-order valence-corrected chi connectivity index (χ0v) is 13.4. The van der Waals surface area contributed by atoms with Gasteiger partial charge in [0, 0.05) is 17.0 Å². The summed E-state index contributed by atoms with van der Waals surface area (Å²) in [5.74, 6) is 0.640. The molecular formula is C16H19N3OS. The first-order valence-corrected chi connectivity index (χ1v) is 7.97. The van der Waals surface area contributed by atoms with Gasteiger partial charge in [0.25, 0.3) is 0 Å². The number of aromatic nitrogens is 3. The minimum atomic E-state index is 0.265. The third-order valence-corrected chi connectivity index (χ3v) is 3.94. The maximum Gasteiger partial charge on any atom is 0.231 e. The monoisotopic (exact) mass is 301 g/mol. The van der Waals surface area contributed by atoms with Gasteiger partial charge in [-0.05, 0) is 29.3 Å². The molecule has 0 unspecified atom stereocenters. The van der Waals surface area contributed by atoms with Gasteiger partial charge in [-0.25, -0.2) is 9.50 Å². The second-order valence-corrected chi connectivity index (χ2v) is 7.04. The number of ether oxygens (including phenoxy) is 1. The van der Waals surface area contributed by atoms with Crippen LogP contribution in [0, 0.1) is 5.41 Å². The van der Waals surface area contributed by atoms with Crippen LogP contribution in [0.15, 0.2) is 35.2 Å². The maximum atomic E-state index is 5.77. The van der Waals surface area contributed by atoms with Crippen molar-refractivity contribution < 1.29 is 4.74 Å². The molecule has 0 N–H and O–H groups in total. The van der Waals surface area contributed by atoms with Gasteiger partial charge in [0.1, 0.15) is 0 Å². The summed E-state index contributed by atoms with van der Waals surface area (Å²) in [5, 5.41) is 8.70. The van der Waals surface area contributed by atoms with Crippen LogP contribution in [0.5, 0.6) is 5.88 Å². The highest BCUT2D eigenvalue weighted by molar-refractivity contribution is 7.08. The van der Waals surface area contributed by atoms with Crippen LogP contribution < -0.4 is 4.74 Å². The Kier molecular flexibility index (Phi) is 3.68. The van der Waals surface area contributed by atoms with E-state index in [4.69, 9.17) is 4.74 Å². The number of nitrogens with zero attached hydrogens (tertiary/aromatic N) is 3. The minimum Gasteiger partial charge on any atom is -0.477 e. The Hall–Kier alpha value is -1.88. The summed E-state index contributed by atoms with van der Waals surface area (Å²) in [6, 6.07) is 5.89. The lowest BCUT2D eigenvalue weighted by molar-refractivity contribution is 0.234. The Balaban J connectivity index is 1.84. The minimum absolute atomic E-state index is 0.265. The zero-order valence-electron chi connectivity index (χ0n) is 12.5. The molecule has 3 heterocycles. The predicted octanol–water partition coefficient (Wildman–Crippen LogP) is 4.27. The normalized spacial score (nSPS) is 12.0. The Bertz CT molecular complexity index is 726. The molecule has 3 rings (SSSR count). The van der Waals surface area contributed by atoms with Crippen molar-refractivity contribution in [1.29, 1.82) is 0 Å². The summed E-state index contributed by atoms with van der Waals surface area (Å²) >= 11 is 1.67. The molecule has 0 bridgehead atoms. The van der Waals surface area contributed by atoms with Gasteiger partial charge in [-0.2, -0.15) is 11.3 Å². The van der Waals surface area contributed by atoms with Crippen LogP contribution in [0.1, 0.15) is 27.2 Å². The third-order valence-electron chi connectivity index (χ3n) is 3.26. The highest BCUT2D eigenvalue weighted by Crippen LogP contribution is 2.24. The molecule has 3 aromatic rings. The van der Waals surface area contributed by atoms with E-state index in [1.54, 1.807) is 11.3 Å². The van der Waals surface area contributed by atoms with Gasteiger partial charge in [-0.3, -0.25) is 0 Å². The standard InChI is InChI=1S/C16H19N3OS/c1-16(2,3)7-8-20-15-5-4-14-17-10-13(19(14)18-15)12-6-9-21-11-12/h4-6,9-11H,7-8H2,1-3H3. The van der Waals surface area contributed by atoms with E-state index in [2.05, 4.69) is 47.7 Å². The van der Waals surface area contributed by atoms with Crippen LogP contribution in [0.2, 0.25) is 0 Å². The number of fused-ring (bicyclic) bond motifs is 1. The molecule has 4 nitrogen and oxygen atoms in total. The van der Waals surface area contributed by atoms with E-state index < -0.39 is 0 Å². The number of hydrogen-bond donors (Lipinski definition) is 0. The Morgan fingerprint density at radius 3 is 2.81 bits per heavy atom. The summed E-state index contributed by atoms with van der Waals surface area (Å²) in [6.07, 6.45) is 2.84. The average molecular weight is 301 g/mol. The van der Waals surface area contributed by atoms with E-state index in [-0.39, 0.29) is 5.41 Å². The van der Waals surface area contributed by atoms with Gasteiger partial charge in [0.2, 0.25) is 5.88 Å². The number of thiophene rings is 1. The highest BCUT2D eigenvalue weighted by atomic mass is 32.1. The van der Waals surface area contributed by atoms with Crippen LogP contribution >= 0.6 is 11.3 Å². The second-order valence-electron chi connectivity index (χ2n) is 6.26. The maximum absolute atomic E-state index is 5.77. The lowest BCUT2D eigenvalue weighted by atomic mass is 9.93. The van der Waals surface area contributed by atoms with Gasteiger partial charge < -0.3 is 4.74 Å². The molecule has 0 aliphatic heterocycles. The zero-order chi connectivity index (χ0) is 14.9. The van der Waals surface area contributed by atoms with Crippen LogP contribution in [0.3, 0.4) is 0 Å². The van der Waals surface area contributed by atoms with E-state index >= 15 is 0 Å². The van der Waals surface area contributed by atoms with Crippen molar-refractivity contribution in [2.45, 2.75) is 27.2 Å². The molecule has 0 aliphatic carbocycles. The molecule has 21 heavy (non-hydrogen) atoms. The van der Waals surface area contributed by atoms with Crippen LogP contribution in [-0.4, -0.2) is 21.2 Å². The van der Waals surface area contributed by atoms with Gasteiger partial charge in [-0.15, -0.1) is 5.10 Å². The molecular weight excluding hydrogens is 282 g/mol. The molecule has 0 saturated carbocycles. The second kappa shape index (κ2) is 5.48. The summed E-state index contributed by atoms with van der Waals surface area (Å²) in [7, 11) is 0. The van der Waals surface area contributed by atoms with Crippen molar-refractivity contribution in [3.05, 3.63) is 35.2 Å². The van der Waals surface area contributed by atoms with Crippen LogP contribution in [-0.2, 0) is 0 Å². The van der Waals surface area contributed by atoms with E-state index in [0.717, 1.165) is 23.3 Å². The number of hydrogen-bond acceptors (Lipinski definition) is 4. The van der Waals surface area contributed by atoms with Crippen molar-refractivity contribution in [3.8, 4) is 17.1 Å².